The molecule has 0 radical (unpaired) electrons. The summed E-state index contributed by atoms with van der Waals surface area (Å²) in [7, 11) is 1.51. The summed E-state index contributed by atoms with van der Waals surface area (Å²) in [6, 6.07) is 0. The normalized spacial score (nSPS) is 12.1. The van der Waals surface area contributed by atoms with Crippen molar-refractivity contribution in [3.05, 3.63) is 25.6 Å². The van der Waals surface area contributed by atoms with Crippen molar-refractivity contribution >= 4 is 32.9 Å². The molecule has 0 aromatic carbocycles. The van der Waals surface area contributed by atoms with Crippen molar-refractivity contribution in [2.24, 2.45) is 12.5 Å². The SMILES string of the molecule is Cn1c(=O)[nH]c(=O)c2c1nc(Br)n2CC(=O)C(C)(C)C. The Balaban J connectivity index is 2.70. The average Bonchev–Trinajstić information content (AvgIpc) is 2.63. The number of nitrogens with zero attached hydrogens (tertiary/aromatic N) is 3. The van der Waals surface area contributed by atoms with Crippen LogP contribution in [0.4, 0.5) is 0 Å². The Hall–Kier alpha value is -1.70. The van der Waals surface area contributed by atoms with Gasteiger partial charge >= 0.3 is 5.69 Å². The molecule has 108 valence electrons. The number of hydrogen-bond donors (Lipinski definition) is 1. The van der Waals surface area contributed by atoms with Crippen molar-refractivity contribution in [3.63, 3.8) is 0 Å². The molecule has 2 rings (SSSR count). The molecule has 2 aromatic rings. The van der Waals surface area contributed by atoms with Crippen LogP contribution in [0.1, 0.15) is 20.8 Å². The molecule has 0 aliphatic heterocycles. The molecule has 7 nitrogen and oxygen atoms in total. The minimum Gasteiger partial charge on any atom is -0.305 e. The maximum absolute atomic E-state index is 12.1. The van der Waals surface area contributed by atoms with E-state index >= 15 is 0 Å². The Morgan fingerprint density at radius 3 is 2.50 bits per heavy atom. The minimum absolute atomic E-state index is 0.0157. The maximum Gasteiger partial charge on any atom is 0.329 e. The summed E-state index contributed by atoms with van der Waals surface area (Å²) in [4.78, 5) is 42.0. The average molecular weight is 343 g/mol. The number of aromatic nitrogens is 4. The number of carbonyl (C=O) groups is 1. The summed E-state index contributed by atoms with van der Waals surface area (Å²) in [6.07, 6.45) is 0. The number of H-pyrrole nitrogens is 1. The van der Waals surface area contributed by atoms with Crippen molar-refractivity contribution in [2.75, 3.05) is 0 Å². The highest BCUT2D eigenvalue weighted by molar-refractivity contribution is 9.10. The Labute approximate surface area is 122 Å². The molecular formula is C12H15BrN4O3. The second kappa shape index (κ2) is 4.69. The highest BCUT2D eigenvalue weighted by atomic mass is 79.9. The standard InChI is InChI=1S/C12H15BrN4O3/c1-12(2,3)6(18)5-17-7-8(14-10(17)13)16(4)11(20)15-9(7)19/h5H2,1-4H3,(H,15,19,20). The van der Waals surface area contributed by atoms with Gasteiger partial charge in [0.2, 0.25) is 0 Å². The summed E-state index contributed by atoms with van der Waals surface area (Å²) in [6.45, 7) is 5.44. The molecule has 20 heavy (non-hydrogen) atoms. The predicted octanol–water partition coefficient (Wildman–Crippen LogP) is 0.801. The van der Waals surface area contributed by atoms with E-state index in [4.69, 9.17) is 0 Å². The minimum atomic E-state index is -0.553. The van der Waals surface area contributed by atoms with E-state index in [-0.39, 0.29) is 23.5 Å². The number of nitrogens with one attached hydrogen (secondary N) is 1. The molecule has 0 atom stereocenters. The van der Waals surface area contributed by atoms with Gasteiger partial charge < -0.3 is 4.57 Å². The number of imidazole rings is 1. The number of hydrogen-bond acceptors (Lipinski definition) is 4. The fourth-order valence-electron chi connectivity index (χ4n) is 1.73. The Morgan fingerprint density at radius 2 is 1.95 bits per heavy atom. The lowest BCUT2D eigenvalue weighted by Crippen LogP contribution is -2.30. The van der Waals surface area contributed by atoms with Gasteiger partial charge in [0.15, 0.2) is 21.7 Å². The molecular weight excluding hydrogens is 328 g/mol. The highest BCUT2D eigenvalue weighted by Crippen LogP contribution is 2.20. The Kier molecular flexibility index (Phi) is 3.45. The summed E-state index contributed by atoms with van der Waals surface area (Å²) in [5, 5.41) is 0. The van der Waals surface area contributed by atoms with Crippen LogP contribution in [0.2, 0.25) is 0 Å². The van der Waals surface area contributed by atoms with Gasteiger partial charge in [-0.3, -0.25) is 19.1 Å². The molecule has 2 aromatic heterocycles. The Morgan fingerprint density at radius 1 is 1.35 bits per heavy atom. The molecule has 0 bridgehead atoms. The van der Waals surface area contributed by atoms with Gasteiger partial charge in [-0.25, -0.2) is 9.78 Å². The van der Waals surface area contributed by atoms with Crippen molar-refractivity contribution in [3.8, 4) is 0 Å². The fourth-order valence-corrected chi connectivity index (χ4v) is 2.20. The maximum atomic E-state index is 12.1. The van der Waals surface area contributed by atoms with Crippen LogP contribution in [-0.4, -0.2) is 24.9 Å². The lowest BCUT2D eigenvalue weighted by atomic mass is 9.91. The number of rotatable bonds is 2. The van der Waals surface area contributed by atoms with Crippen LogP contribution in [-0.2, 0) is 18.4 Å². The van der Waals surface area contributed by atoms with E-state index < -0.39 is 16.7 Å². The lowest BCUT2D eigenvalue weighted by Gasteiger charge is -2.17. The Bertz CT molecular complexity index is 807. The van der Waals surface area contributed by atoms with Gasteiger partial charge in [0, 0.05) is 12.5 Å². The van der Waals surface area contributed by atoms with Crippen molar-refractivity contribution in [2.45, 2.75) is 27.3 Å². The molecule has 0 saturated carbocycles. The first kappa shape index (κ1) is 14.7. The molecule has 0 amide bonds. The fraction of sp³-hybridized carbons (Fsp3) is 0.500. The molecule has 0 fully saturated rings. The van der Waals surface area contributed by atoms with Gasteiger partial charge in [-0.15, -0.1) is 0 Å². The molecule has 0 aliphatic carbocycles. The van der Waals surface area contributed by atoms with E-state index in [1.165, 1.54) is 16.2 Å². The molecule has 1 N–H and O–H groups in total. The monoisotopic (exact) mass is 342 g/mol. The number of carbonyl (C=O) groups excluding carboxylic acids is 1. The first-order valence-corrected chi connectivity index (χ1v) is 6.80. The molecule has 0 aliphatic rings. The van der Waals surface area contributed by atoms with Crippen LogP contribution in [0.5, 0.6) is 0 Å². The molecule has 0 saturated heterocycles. The highest BCUT2D eigenvalue weighted by Gasteiger charge is 2.24. The summed E-state index contributed by atoms with van der Waals surface area (Å²) in [5.41, 5.74) is -1.17. The van der Waals surface area contributed by atoms with Crippen LogP contribution in [0, 0.1) is 5.41 Å². The number of aryl methyl sites for hydroxylation is 1. The van der Waals surface area contributed by atoms with E-state index in [1.807, 2.05) is 20.8 Å². The summed E-state index contributed by atoms with van der Waals surface area (Å²) >= 11 is 3.23. The second-order valence-corrected chi connectivity index (χ2v) is 6.34. The van der Waals surface area contributed by atoms with Gasteiger partial charge in [-0.1, -0.05) is 20.8 Å². The van der Waals surface area contributed by atoms with E-state index in [2.05, 4.69) is 25.9 Å². The van der Waals surface area contributed by atoms with Crippen molar-refractivity contribution in [1.82, 2.24) is 19.1 Å². The zero-order valence-electron chi connectivity index (χ0n) is 11.7. The van der Waals surface area contributed by atoms with Gasteiger partial charge in [-0.05, 0) is 15.9 Å². The first-order chi connectivity index (χ1) is 9.12. The van der Waals surface area contributed by atoms with Crippen molar-refractivity contribution < 1.29 is 4.79 Å². The smallest absolute Gasteiger partial charge is 0.305 e. The largest absolute Gasteiger partial charge is 0.329 e. The van der Waals surface area contributed by atoms with Crippen LogP contribution in [0.25, 0.3) is 11.2 Å². The lowest BCUT2D eigenvalue weighted by molar-refractivity contribution is -0.126. The zero-order chi connectivity index (χ0) is 15.2. The van der Waals surface area contributed by atoms with Crippen LogP contribution in [0.3, 0.4) is 0 Å². The third-order valence-corrected chi connectivity index (χ3v) is 3.70. The van der Waals surface area contributed by atoms with E-state index in [1.54, 1.807) is 0 Å². The summed E-state index contributed by atoms with van der Waals surface area (Å²) in [5.74, 6) is -0.0363. The number of halogens is 1. The number of fused-ring (bicyclic) bond motifs is 1. The number of ketones is 1. The van der Waals surface area contributed by atoms with Gasteiger partial charge in [0.1, 0.15) is 0 Å². The van der Waals surface area contributed by atoms with E-state index in [0.29, 0.717) is 4.73 Å². The molecule has 0 unspecified atom stereocenters. The first-order valence-electron chi connectivity index (χ1n) is 6.01. The number of Topliss-reactive ketones (excluding diaryl/α,β-unsaturated/α-hetero) is 1. The molecule has 0 spiro atoms. The second-order valence-electron chi connectivity index (χ2n) is 5.63. The van der Waals surface area contributed by atoms with Gasteiger partial charge in [0.05, 0.1) is 6.54 Å². The van der Waals surface area contributed by atoms with Gasteiger partial charge in [0.25, 0.3) is 5.56 Å². The quantitative estimate of drug-likeness (QED) is 0.817. The zero-order valence-corrected chi connectivity index (χ0v) is 13.2. The van der Waals surface area contributed by atoms with Crippen LogP contribution < -0.4 is 11.2 Å². The third kappa shape index (κ3) is 2.35. The number of aromatic amines is 1. The topological polar surface area (TPSA) is 89.8 Å². The molecule has 8 heteroatoms. The van der Waals surface area contributed by atoms with E-state index in [9.17, 15) is 14.4 Å². The third-order valence-electron chi connectivity index (χ3n) is 3.10. The van der Waals surface area contributed by atoms with Crippen molar-refractivity contribution in [1.29, 1.82) is 0 Å². The molecule has 2 heterocycles. The van der Waals surface area contributed by atoms with Gasteiger partial charge in [-0.2, -0.15) is 0 Å². The predicted molar refractivity (Wildman–Crippen MR) is 77.8 cm³/mol. The van der Waals surface area contributed by atoms with Crippen LogP contribution in [0.15, 0.2) is 14.3 Å². The summed E-state index contributed by atoms with van der Waals surface area (Å²) < 4.78 is 3.05. The van der Waals surface area contributed by atoms with E-state index in [0.717, 1.165) is 0 Å². The van der Waals surface area contributed by atoms with Crippen LogP contribution >= 0.6 is 15.9 Å².